The van der Waals surface area contributed by atoms with Crippen LogP contribution >= 0.6 is 0 Å². The summed E-state index contributed by atoms with van der Waals surface area (Å²) in [5, 5.41) is 12.4. The Kier molecular flexibility index (Phi) is 7.30. The molecule has 6 heteroatoms. The Morgan fingerprint density at radius 3 is 2.72 bits per heavy atom. The monoisotopic (exact) mass is 347 g/mol. The number of anilines is 2. The zero-order valence-corrected chi connectivity index (χ0v) is 15.4. The lowest BCUT2D eigenvalue weighted by Crippen LogP contribution is -2.28. The summed E-state index contributed by atoms with van der Waals surface area (Å²) in [6.07, 6.45) is 11.5. The second-order valence-electron chi connectivity index (χ2n) is 7.35. The van der Waals surface area contributed by atoms with Gasteiger partial charge in [0.05, 0.1) is 0 Å². The van der Waals surface area contributed by atoms with Gasteiger partial charge in [-0.3, -0.25) is 0 Å². The first-order valence-corrected chi connectivity index (χ1v) is 10.0. The molecule has 1 atom stereocenters. The van der Waals surface area contributed by atoms with Crippen LogP contribution in [0.25, 0.3) is 0 Å². The van der Waals surface area contributed by atoms with E-state index in [1.165, 1.54) is 32.1 Å². The highest BCUT2D eigenvalue weighted by Gasteiger charge is 2.22. The van der Waals surface area contributed by atoms with E-state index in [1.807, 2.05) is 12.3 Å². The zero-order chi connectivity index (χ0) is 17.3. The predicted octanol–water partition coefficient (Wildman–Crippen LogP) is 2.51. The first-order chi connectivity index (χ1) is 12.3. The van der Waals surface area contributed by atoms with Crippen molar-refractivity contribution in [2.75, 3.05) is 49.5 Å². The lowest BCUT2D eigenvalue weighted by Gasteiger charge is -2.22. The number of aromatic nitrogens is 2. The minimum absolute atomic E-state index is 0.314. The van der Waals surface area contributed by atoms with E-state index in [0.717, 1.165) is 63.8 Å². The molecule has 0 bridgehead atoms. The molecule has 1 aromatic heterocycles. The van der Waals surface area contributed by atoms with E-state index in [0.29, 0.717) is 12.6 Å². The third-order valence-corrected chi connectivity index (χ3v) is 5.31. The minimum Gasteiger partial charge on any atom is -0.396 e. The molecule has 0 saturated carbocycles. The number of nitrogens with zero attached hydrogens (tertiary/aromatic N) is 4. The molecule has 2 aliphatic heterocycles. The summed E-state index contributed by atoms with van der Waals surface area (Å²) in [7, 11) is 0. The molecule has 6 nitrogen and oxygen atoms in total. The number of aliphatic hydroxyl groups excluding tert-OH is 1. The van der Waals surface area contributed by atoms with Gasteiger partial charge in [-0.05, 0) is 51.1 Å². The van der Waals surface area contributed by atoms with Crippen molar-refractivity contribution in [2.45, 2.75) is 57.4 Å². The summed E-state index contributed by atoms with van der Waals surface area (Å²) < 4.78 is 0. The van der Waals surface area contributed by atoms with Crippen molar-refractivity contribution >= 4 is 11.8 Å². The summed E-state index contributed by atoms with van der Waals surface area (Å²) >= 11 is 0. The zero-order valence-electron chi connectivity index (χ0n) is 15.4. The molecule has 0 aromatic carbocycles. The van der Waals surface area contributed by atoms with E-state index in [4.69, 9.17) is 10.1 Å². The van der Waals surface area contributed by atoms with Crippen LogP contribution in [0.3, 0.4) is 0 Å². The molecule has 3 rings (SSSR count). The molecule has 0 radical (unpaired) electrons. The minimum atomic E-state index is 0.314. The maximum absolute atomic E-state index is 8.86. The van der Waals surface area contributed by atoms with Crippen LogP contribution < -0.4 is 10.2 Å². The molecule has 2 N–H and O–H groups in total. The lowest BCUT2D eigenvalue weighted by molar-refractivity contribution is 0.273. The van der Waals surface area contributed by atoms with Gasteiger partial charge in [0.15, 0.2) is 0 Å². The summed E-state index contributed by atoms with van der Waals surface area (Å²) in [6, 6.07) is 2.48. The summed E-state index contributed by atoms with van der Waals surface area (Å²) in [5.41, 5.74) is 0. The molecule has 2 aliphatic rings. The SMILES string of the molecule is OCCCCCN1CCC(Nc2nccc(N3CCCCCC3)n2)C1. The Balaban J connectivity index is 1.47. The Labute approximate surface area is 151 Å². The fraction of sp³-hybridized carbons (Fsp3) is 0.789. The van der Waals surface area contributed by atoms with Crippen LogP contribution in [0.15, 0.2) is 12.3 Å². The number of likely N-dealkylation sites (tertiary alicyclic amines) is 1. The van der Waals surface area contributed by atoms with Gasteiger partial charge in [-0.15, -0.1) is 0 Å². The first kappa shape index (κ1) is 18.4. The van der Waals surface area contributed by atoms with Gasteiger partial charge in [0.1, 0.15) is 5.82 Å². The normalized spacial score (nSPS) is 22.1. The van der Waals surface area contributed by atoms with Crippen LogP contribution in [0.2, 0.25) is 0 Å². The van der Waals surface area contributed by atoms with Crippen molar-refractivity contribution in [3.05, 3.63) is 12.3 Å². The van der Waals surface area contributed by atoms with Gasteiger partial charge in [-0.1, -0.05) is 12.8 Å². The van der Waals surface area contributed by atoms with Crippen LogP contribution in [0.4, 0.5) is 11.8 Å². The number of unbranched alkanes of at least 4 members (excludes halogenated alkanes) is 2. The smallest absolute Gasteiger partial charge is 0.224 e. The highest BCUT2D eigenvalue weighted by atomic mass is 16.2. The number of hydrogen-bond donors (Lipinski definition) is 2. The first-order valence-electron chi connectivity index (χ1n) is 10.0. The van der Waals surface area contributed by atoms with Gasteiger partial charge in [0.25, 0.3) is 0 Å². The molecule has 3 heterocycles. The van der Waals surface area contributed by atoms with Gasteiger partial charge in [-0.2, -0.15) is 4.98 Å². The molecule has 2 saturated heterocycles. The van der Waals surface area contributed by atoms with Crippen molar-refractivity contribution < 1.29 is 5.11 Å². The average molecular weight is 348 g/mol. The second-order valence-corrected chi connectivity index (χ2v) is 7.35. The quantitative estimate of drug-likeness (QED) is 0.705. The molecule has 1 unspecified atom stereocenters. The molecule has 2 fully saturated rings. The highest BCUT2D eigenvalue weighted by molar-refractivity contribution is 5.43. The van der Waals surface area contributed by atoms with E-state index >= 15 is 0 Å². The Hall–Kier alpha value is -1.40. The Bertz CT molecular complexity index is 504. The lowest BCUT2D eigenvalue weighted by atomic mass is 10.2. The van der Waals surface area contributed by atoms with Crippen molar-refractivity contribution in [2.24, 2.45) is 0 Å². The molecular weight excluding hydrogens is 314 g/mol. The van der Waals surface area contributed by atoms with E-state index < -0.39 is 0 Å². The average Bonchev–Trinajstić information content (AvgIpc) is 2.90. The fourth-order valence-corrected chi connectivity index (χ4v) is 3.85. The van der Waals surface area contributed by atoms with Crippen molar-refractivity contribution in [3.63, 3.8) is 0 Å². The number of aliphatic hydroxyl groups is 1. The summed E-state index contributed by atoms with van der Waals surface area (Å²) in [6.45, 7) is 5.88. The molecule has 25 heavy (non-hydrogen) atoms. The third-order valence-electron chi connectivity index (χ3n) is 5.31. The van der Waals surface area contributed by atoms with Gasteiger partial charge >= 0.3 is 0 Å². The van der Waals surface area contributed by atoms with Crippen LogP contribution in [0.1, 0.15) is 51.4 Å². The second kappa shape index (κ2) is 9.92. The van der Waals surface area contributed by atoms with Gasteiger partial charge in [0.2, 0.25) is 5.95 Å². The summed E-state index contributed by atoms with van der Waals surface area (Å²) in [4.78, 5) is 14.1. The number of rotatable bonds is 8. The van der Waals surface area contributed by atoms with E-state index in [9.17, 15) is 0 Å². The number of hydrogen-bond acceptors (Lipinski definition) is 6. The molecule has 140 valence electrons. The highest BCUT2D eigenvalue weighted by Crippen LogP contribution is 2.19. The molecule has 0 amide bonds. The predicted molar refractivity (Wildman–Crippen MR) is 102 cm³/mol. The largest absolute Gasteiger partial charge is 0.396 e. The van der Waals surface area contributed by atoms with Crippen LogP contribution in [-0.2, 0) is 0 Å². The molecule has 0 spiro atoms. The molecule has 0 aliphatic carbocycles. The van der Waals surface area contributed by atoms with E-state index in [1.54, 1.807) is 0 Å². The summed E-state index contributed by atoms with van der Waals surface area (Å²) in [5.74, 6) is 1.84. The van der Waals surface area contributed by atoms with Crippen LogP contribution in [0.5, 0.6) is 0 Å². The maximum atomic E-state index is 8.86. The molecular formula is C19H33N5O. The van der Waals surface area contributed by atoms with Crippen LogP contribution in [0, 0.1) is 0 Å². The number of nitrogens with one attached hydrogen (secondary N) is 1. The van der Waals surface area contributed by atoms with E-state index in [2.05, 4.69) is 20.1 Å². The van der Waals surface area contributed by atoms with Gasteiger partial charge < -0.3 is 20.2 Å². The molecule has 1 aromatic rings. The third kappa shape index (κ3) is 5.82. The van der Waals surface area contributed by atoms with Crippen LogP contribution in [-0.4, -0.2) is 65.3 Å². The van der Waals surface area contributed by atoms with Gasteiger partial charge in [-0.25, -0.2) is 4.98 Å². The Morgan fingerprint density at radius 2 is 1.92 bits per heavy atom. The Morgan fingerprint density at radius 1 is 1.08 bits per heavy atom. The topological polar surface area (TPSA) is 64.5 Å². The maximum Gasteiger partial charge on any atom is 0.224 e. The van der Waals surface area contributed by atoms with Crippen molar-refractivity contribution in [1.82, 2.24) is 14.9 Å². The van der Waals surface area contributed by atoms with Crippen molar-refractivity contribution in [1.29, 1.82) is 0 Å². The fourth-order valence-electron chi connectivity index (χ4n) is 3.85. The van der Waals surface area contributed by atoms with Crippen molar-refractivity contribution in [3.8, 4) is 0 Å². The van der Waals surface area contributed by atoms with E-state index in [-0.39, 0.29) is 0 Å². The van der Waals surface area contributed by atoms with Gasteiger partial charge in [0, 0.05) is 45.0 Å². The standard InChI is InChI=1S/C19H33N5O/c25-15-7-3-4-11-23-14-9-17(16-23)21-19-20-10-8-18(22-19)24-12-5-1-2-6-13-24/h8,10,17,25H,1-7,9,11-16H2,(H,20,21,22).